The van der Waals surface area contributed by atoms with E-state index in [-0.39, 0.29) is 0 Å². The highest BCUT2D eigenvalue weighted by atomic mass is 35.5. The highest BCUT2D eigenvalue weighted by Gasteiger charge is 2.16. The highest BCUT2D eigenvalue weighted by Crippen LogP contribution is 2.26. The summed E-state index contributed by atoms with van der Waals surface area (Å²) >= 11 is 6.44. The molecule has 21 heavy (non-hydrogen) atoms. The van der Waals surface area contributed by atoms with Gasteiger partial charge in [0.15, 0.2) is 0 Å². The van der Waals surface area contributed by atoms with Gasteiger partial charge in [-0.25, -0.2) is 4.98 Å². The Balaban J connectivity index is 1.86. The van der Waals surface area contributed by atoms with Crippen LogP contribution >= 0.6 is 11.6 Å². The number of benzene rings is 1. The third-order valence-electron chi connectivity index (χ3n) is 4.05. The molecule has 0 bridgehead atoms. The monoisotopic (exact) mass is 303 g/mol. The van der Waals surface area contributed by atoms with Crippen LogP contribution in [0, 0.1) is 0 Å². The summed E-state index contributed by atoms with van der Waals surface area (Å²) in [5.74, 6) is 0. The second kappa shape index (κ2) is 6.20. The van der Waals surface area contributed by atoms with Crippen LogP contribution in [0.4, 0.5) is 0 Å². The SMILES string of the molecule is CC(C)NCc1ccc(-n2cnc3c2CCCC3)cc1Cl. The van der Waals surface area contributed by atoms with Crippen LogP contribution in [0.2, 0.25) is 5.02 Å². The summed E-state index contributed by atoms with van der Waals surface area (Å²) in [5.41, 5.74) is 4.86. The quantitative estimate of drug-likeness (QED) is 0.928. The number of nitrogens with one attached hydrogen (secondary N) is 1. The van der Waals surface area contributed by atoms with Crippen molar-refractivity contribution >= 4 is 11.6 Å². The maximum Gasteiger partial charge on any atom is 0.0997 e. The van der Waals surface area contributed by atoms with E-state index in [4.69, 9.17) is 11.6 Å². The summed E-state index contributed by atoms with van der Waals surface area (Å²) in [6, 6.07) is 6.76. The van der Waals surface area contributed by atoms with Crippen LogP contribution in [0.1, 0.15) is 43.6 Å². The summed E-state index contributed by atoms with van der Waals surface area (Å²) in [6.45, 7) is 5.08. The minimum absolute atomic E-state index is 0.460. The number of aryl methyl sites for hydroxylation is 1. The standard InChI is InChI=1S/C17H22ClN3/c1-12(2)19-10-13-7-8-14(9-15(13)18)21-11-20-16-5-3-4-6-17(16)21/h7-9,11-12,19H,3-6,10H2,1-2H3. The van der Waals surface area contributed by atoms with Gasteiger partial charge < -0.3 is 9.88 Å². The van der Waals surface area contributed by atoms with Crippen molar-refractivity contribution in [2.24, 2.45) is 0 Å². The predicted octanol–water partition coefficient (Wildman–Crippen LogP) is 3.90. The van der Waals surface area contributed by atoms with E-state index in [1.54, 1.807) is 0 Å². The Labute approximate surface area is 131 Å². The number of halogens is 1. The highest BCUT2D eigenvalue weighted by molar-refractivity contribution is 6.31. The third kappa shape index (κ3) is 3.14. The van der Waals surface area contributed by atoms with Gasteiger partial charge in [0.1, 0.15) is 0 Å². The molecule has 0 atom stereocenters. The van der Waals surface area contributed by atoms with Crippen molar-refractivity contribution in [2.45, 2.75) is 52.1 Å². The lowest BCUT2D eigenvalue weighted by atomic mass is 10.0. The Hall–Kier alpha value is -1.32. The zero-order valence-electron chi connectivity index (χ0n) is 12.7. The largest absolute Gasteiger partial charge is 0.310 e. The van der Waals surface area contributed by atoms with Gasteiger partial charge in [-0.2, -0.15) is 0 Å². The van der Waals surface area contributed by atoms with Crippen molar-refractivity contribution in [3.8, 4) is 5.69 Å². The van der Waals surface area contributed by atoms with Gasteiger partial charge in [-0.1, -0.05) is 31.5 Å². The fourth-order valence-corrected chi connectivity index (χ4v) is 3.08. The molecule has 112 valence electrons. The normalized spacial score (nSPS) is 14.5. The fourth-order valence-electron chi connectivity index (χ4n) is 2.84. The molecule has 0 aliphatic heterocycles. The van der Waals surface area contributed by atoms with Crippen LogP contribution in [0.5, 0.6) is 0 Å². The molecule has 1 aliphatic carbocycles. The predicted molar refractivity (Wildman–Crippen MR) is 87.2 cm³/mol. The van der Waals surface area contributed by atoms with Crippen LogP contribution in [0.3, 0.4) is 0 Å². The molecule has 0 saturated heterocycles. The van der Waals surface area contributed by atoms with E-state index >= 15 is 0 Å². The van der Waals surface area contributed by atoms with Crippen molar-refractivity contribution in [3.05, 3.63) is 46.5 Å². The Morgan fingerprint density at radius 1 is 1.29 bits per heavy atom. The first-order chi connectivity index (χ1) is 10.1. The topological polar surface area (TPSA) is 29.9 Å². The van der Waals surface area contributed by atoms with Gasteiger partial charge in [0.2, 0.25) is 0 Å². The van der Waals surface area contributed by atoms with E-state index < -0.39 is 0 Å². The van der Waals surface area contributed by atoms with Crippen molar-refractivity contribution < 1.29 is 0 Å². The lowest BCUT2D eigenvalue weighted by Gasteiger charge is -2.15. The van der Waals surface area contributed by atoms with Gasteiger partial charge >= 0.3 is 0 Å². The summed E-state index contributed by atoms with van der Waals surface area (Å²) in [5, 5.41) is 4.22. The van der Waals surface area contributed by atoms with Crippen LogP contribution in [-0.2, 0) is 19.4 Å². The van der Waals surface area contributed by atoms with E-state index in [0.29, 0.717) is 6.04 Å². The minimum atomic E-state index is 0.460. The van der Waals surface area contributed by atoms with E-state index in [0.717, 1.165) is 35.7 Å². The Morgan fingerprint density at radius 2 is 2.10 bits per heavy atom. The number of hydrogen-bond acceptors (Lipinski definition) is 2. The van der Waals surface area contributed by atoms with E-state index in [2.05, 4.69) is 46.9 Å². The van der Waals surface area contributed by atoms with Gasteiger partial charge in [-0.05, 0) is 43.4 Å². The van der Waals surface area contributed by atoms with Gasteiger partial charge in [0.05, 0.1) is 12.0 Å². The molecule has 3 nitrogen and oxygen atoms in total. The van der Waals surface area contributed by atoms with E-state index in [9.17, 15) is 0 Å². The molecule has 1 aromatic heterocycles. The van der Waals surface area contributed by atoms with Crippen molar-refractivity contribution in [1.82, 2.24) is 14.9 Å². The fraction of sp³-hybridized carbons (Fsp3) is 0.471. The summed E-state index contributed by atoms with van der Waals surface area (Å²) < 4.78 is 2.19. The smallest absolute Gasteiger partial charge is 0.0997 e. The number of aromatic nitrogens is 2. The lowest BCUT2D eigenvalue weighted by molar-refractivity contribution is 0.589. The number of imidazole rings is 1. The summed E-state index contributed by atoms with van der Waals surface area (Å²) in [7, 11) is 0. The van der Waals surface area contributed by atoms with Crippen LogP contribution in [-0.4, -0.2) is 15.6 Å². The van der Waals surface area contributed by atoms with Gasteiger partial charge in [-0.3, -0.25) is 0 Å². The Kier molecular flexibility index (Phi) is 4.32. The molecule has 1 aliphatic rings. The van der Waals surface area contributed by atoms with Crippen LogP contribution in [0.15, 0.2) is 24.5 Å². The number of rotatable bonds is 4. The first kappa shape index (κ1) is 14.6. The van der Waals surface area contributed by atoms with E-state index in [1.165, 1.54) is 24.2 Å². The number of fused-ring (bicyclic) bond motifs is 1. The average molecular weight is 304 g/mol. The molecule has 0 unspecified atom stereocenters. The molecule has 1 aromatic carbocycles. The molecule has 0 saturated carbocycles. The number of nitrogens with zero attached hydrogens (tertiary/aromatic N) is 2. The molecule has 2 aromatic rings. The van der Waals surface area contributed by atoms with Crippen LogP contribution in [0.25, 0.3) is 5.69 Å². The summed E-state index contributed by atoms with van der Waals surface area (Å²) in [4.78, 5) is 4.55. The minimum Gasteiger partial charge on any atom is -0.310 e. The molecule has 1 heterocycles. The van der Waals surface area contributed by atoms with Crippen molar-refractivity contribution in [1.29, 1.82) is 0 Å². The first-order valence-corrected chi connectivity index (χ1v) is 8.10. The molecule has 3 rings (SSSR count). The number of hydrogen-bond donors (Lipinski definition) is 1. The van der Waals surface area contributed by atoms with Crippen molar-refractivity contribution in [2.75, 3.05) is 0 Å². The second-order valence-electron chi connectivity index (χ2n) is 6.03. The molecular formula is C17H22ClN3. The van der Waals surface area contributed by atoms with Gasteiger partial charge in [-0.15, -0.1) is 0 Å². The molecule has 1 N–H and O–H groups in total. The maximum atomic E-state index is 6.44. The van der Waals surface area contributed by atoms with Gasteiger partial charge in [0, 0.05) is 29.0 Å². The molecule has 4 heteroatoms. The molecule has 0 spiro atoms. The zero-order chi connectivity index (χ0) is 14.8. The zero-order valence-corrected chi connectivity index (χ0v) is 13.5. The average Bonchev–Trinajstić information content (AvgIpc) is 2.89. The first-order valence-electron chi connectivity index (χ1n) is 7.72. The second-order valence-corrected chi connectivity index (χ2v) is 6.43. The Morgan fingerprint density at radius 3 is 2.86 bits per heavy atom. The maximum absolute atomic E-state index is 6.44. The molecule has 0 fully saturated rings. The lowest BCUT2D eigenvalue weighted by Crippen LogP contribution is -2.22. The van der Waals surface area contributed by atoms with Gasteiger partial charge in [0.25, 0.3) is 0 Å². The molecular weight excluding hydrogens is 282 g/mol. The molecule has 0 radical (unpaired) electrons. The van der Waals surface area contributed by atoms with Crippen LogP contribution < -0.4 is 5.32 Å². The third-order valence-corrected chi connectivity index (χ3v) is 4.40. The molecule has 0 amide bonds. The van der Waals surface area contributed by atoms with E-state index in [1.807, 2.05) is 6.33 Å². The Bertz CT molecular complexity index is 631. The summed E-state index contributed by atoms with van der Waals surface area (Å²) in [6.07, 6.45) is 6.66. The van der Waals surface area contributed by atoms with Crippen molar-refractivity contribution in [3.63, 3.8) is 0 Å².